The van der Waals surface area contributed by atoms with Crippen LogP contribution < -0.4 is 15.1 Å². The first-order valence-corrected chi connectivity index (χ1v) is 14.6. The van der Waals surface area contributed by atoms with Crippen LogP contribution in [0.2, 0.25) is 5.02 Å². The molecule has 2 heterocycles. The normalized spacial score (nSPS) is 15.1. The number of benzene rings is 4. The fourth-order valence-electron chi connectivity index (χ4n) is 5.76. The zero-order valence-corrected chi connectivity index (χ0v) is 24.0. The van der Waals surface area contributed by atoms with Gasteiger partial charge in [0.15, 0.2) is 0 Å². The molecule has 0 unspecified atom stereocenters. The maximum absolute atomic E-state index is 14.1. The molecule has 0 bridgehead atoms. The number of halogens is 2. The van der Waals surface area contributed by atoms with Crippen molar-refractivity contribution in [3.63, 3.8) is 0 Å². The van der Waals surface area contributed by atoms with E-state index in [4.69, 9.17) is 11.6 Å². The smallest absolute Gasteiger partial charge is 0.251 e. The van der Waals surface area contributed by atoms with E-state index in [-0.39, 0.29) is 24.8 Å². The highest BCUT2D eigenvalue weighted by molar-refractivity contribution is 6.31. The van der Waals surface area contributed by atoms with Gasteiger partial charge in [0.05, 0.1) is 18.7 Å². The number of nitrogens with one attached hydrogen (secondary N) is 1. The molecule has 2 aliphatic heterocycles. The van der Waals surface area contributed by atoms with E-state index in [2.05, 4.69) is 39.4 Å². The van der Waals surface area contributed by atoms with Crippen molar-refractivity contribution in [3.8, 4) is 11.1 Å². The third kappa shape index (κ3) is 6.03. The lowest BCUT2D eigenvalue weighted by molar-refractivity contribution is -0.118. The first-order valence-electron chi connectivity index (χ1n) is 14.2. The average Bonchev–Trinajstić information content (AvgIpc) is 3.13. The Kier molecular flexibility index (Phi) is 8.22. The van der Waals surface area contributed by atoms with Crippen LogP contribution in [0.5, 0.6) is 0 Å². The second-order valence-electron chi connectivity index (χ2n) is 10.7. The van der Waals surface area contributed by atoms with Crippen LogP contribution in [-0.4, -0.2) is 56.0 Å². The third-order valence-corrected chi connectivity index (χ3v) is 8.41. The lowest BCUT2D eigenvalue weighted by atomic mass is 9.96. The topological polar surface area (TPSA) is 55.9 Å². The van der Waals surface area contributed by atoms with Crippen LogP contribution >= 0.6 is 11.6 Å². The van der Waals surface area contributed by atoms with Crippen LogP contribution in [-0.2, 0) is 17.8 Å². The molecule has 0 spiro atoms. The van der Waals surface area contributed by atoms with Crippen molar-refractivity contribution in [1.29, 1.82) is 0 Å². The summed E-state index contributed by atoms with van der Waals surface area (Å²) >= 11 is 6.39. The standard InChI is InChI=1S/C34H32ClFN4O2/c35-31-13-11-27(36)20-26(31)23-40-32-21-25(10-12-30(32)29-9-5-4-6-24(29)22-33(40)41)34(42)37-14-15-38-16-18-39(19-17-38)28-7-2-1-3-8-28/h1-13,20-21H,14-19,22-23H2,(H,37,42). The predicted octanol–water partition coefficient (Wildman–Crippen LogP) is 5.79. The van der Waals surface area contributed by atoms with Gasteiger partial charge in [-0.3, -0.25) is 14.5 Å². The fraction of sp³-hybridized carbons (Fsp3) is 0.235. The molecule has 0 saturated carbocycles. The lowest BCUT2D eigenvalue weighted by Crippen LogP contribution is -2.48. The molecular weight excluding hydrogens is 551 g/mol. The van der Waals surface area contributed by atoms with Gasteiger partial charge in [0.25, 0.3) is 5.91 Å². The third-order valence-electron chi connectivity index (χ3n) is 8.04. The zero-order valence-electron chi connectivity index (χ0n) is 23.2. The molecule has 42 heavy (non-hydrogen) atoms. The summed E-state index contributed by atoms with van der Waals surface area (Å²) in [5.74, 6) is -0.766. The van der Waals surface area contributed by atoms with Crippen molar-refractivity contribution in [1.82, 2.24) is 10.2 Å². The van der Waals surface area contributed by atoms with Crippen molar-refractivity contribution in [2.45, 2.75) is 13.0 Å². The molecule has 2 amide bonds. The number of carbonyl (C=O) groups excluding carboxylic acids is 2. The summed E-state index contributed by atoms with van der Waals surface area (Å²) in [6.07, 6.45) is 0.191. The molecule has 0 aliphatic carbocycles. The molecule has 4 aromatic carbocycles. The first kappa shape index (κ1) is 27.9. The minimum Gasteiger partial charge on any atom is -0.369 e. The number of carbonyl (C=O) groups is 2. The summed E-state index contributed by atoms with van der Waals surface area (Å²) in [7, 11) is 0. The van der Waals surface area contributed by atoms with Gasteiger partial charge in [0.2, 0.25) is 5.91 Å². The van der Waals surface area contributed by atoms with E-state index in [1.165, 1.54) is 23.9 Å². The van der Waals surface area contributed by atoms with Gasteiger partial charge >= 0.3 is 0 Å². The Morgan fingerprint density at radius 1 is 0.857 bits per heavy atom. The Labute approximate surface area is 250 Å². The van der Waals surface area contributed by atoms with Gasteiger partial charge in [-0.2, -0.15) is 0 Å². The number of anilines is 2. The van der Waals surface area contributed by atoms with Gasteiger partial charge in [-0.25, -0.2) is 4.39 Å². The number of piperazine rings is 1. The van der Waals surface area contributed by atoms with Gasteiger partial charge in [-0.15, -0.1) is 0 Å². The highest BCUT2D eigenvalue weighted by Crippen LogP contribution is 2.38. The molecular formula is C34H32ClFN4O2. The highest BCUT2D eigenvalue weighted by Gasteiger charge is 2.27. The van der Waals surface area contributed by atoms with Crippen molar-refractivity contribution < 1.29 is 14.0 Å². The summed E-state index contributed by atoms with van der Waals surface area (Å²) in [4.78, 5) is 33.2. The molecule has 1 saturated heterocycles. The van der Waals surface area contributed by atoms with E-state index in [0.717, 1.165) is 49.4 Å². The maximum atomic E-state index is 14.1. The number of amides is 2. The zero-order chi connectivity index (χ0) is 29.1. The van der Waals surface area contributed by atoms with E-state index in [0.29, 0.717) is 28.4 Å². The van der Waals surface area contributed by atoms with E-state index in [1.54, 1.807) is 17.0 Å². The summed E-state index contributed by atoms with van der Waals surface area (Å²) in [5.41, 5.74) is 5.50. The molecule has 0 radical (unpaired) electrons. The Morgan fingerprint density at radius 2 is 1.62 bits per heavy atom. The number of nitrogens with zero attached hydrogens (tertiary/aromatic N) is 3. The van der Waals surface area contributed by atoms with Gasteiger partial charge in [-0.1, -0.05) is 60.1 Å². The quantitative estimate of drug-likeness (QED) is 0.300. The number of hydrogen-bond donors (Lipinski definition) is 1. The molecule has 1 fully saturated rings. The van der Waals surface area contributed by atoms with Crippen molar-refractivity contribution >= 4 is 34.8 Å². The number of hydrogen-bond acceptors (Lipinski definition) is 4. The number of rotatable bonds is 7. The molecule has 0 atom stereocenters. The van der Waals surface area contributed by atoms with Crippen LogP contribution in [0.15, 0.2) is 91.0 Å². The fourth-order valence-corrected chi connectivity index (χ4v) is 5.94. The predicted molar refractivity (Wildman–Crippen MR) is 166 cm³/mol. The molecule has 6 rings (SSSR count). The second-order valence-corrected chi connectivity index (χ2v) is 11.1. The van der Waals surface area contributed by atoms with Gasteiger partial charge < -0.3 is 15.1 Å². The van der Waals surface area contributed by atoms with Gasteiger partial charge in [0.1, 0.15) is 5.82 Å². The van der Waals surface area contributed by atoms with Crippen molar-refractivity contribution in [2.24, 2.45) is 0 Å². The van der Waals surface area contributed by atoms with Crippen molar-refractivity contribution in [2.75, 3.05) is 49.1 Å². The van der Waals surface area contributed by atoms with Crippen LogP contribution in [0.25, 0.3) is 11.1 Å². The summed E-state index contributed by atoms with van der Waals surface area (Å²) < 4.78 is 14.1. The van der Waals surface area contributed by atoms with E-state index >= 15 is 0 Å². The monoisotopic (exact) mass is 582 g/mol. The minimum atomic E-state index is -0.421. The van der Waals surface area contributed by atoms with Gasteiger partial charge in [-0.05, 0) is 59.2 Å². The molecule has 6 nitrogen and oxygen atoms in total. The number of fused-ring (bicyclic) bond motifs is 3. The molecule has 214 valence electrons. The Hall–Kier alpha value is -4.20. The molecule has 1 N–H and O–H groups in total. The maximum Gasteiger partial charge on any atom is 0.251 e. The number of para-hydroxylation sites is 1. The van der Waals surface area contributed by atoms with Crippen LogP contribution in [0.4, 0.5) is 15.8 Å². The van der Waals surface area contributed by atoms with Crippen molar-refractivity contribution in [3.05, 3.63) is 119 Å². The minimum absolute atomic E-state index is 0.0937. The lowest BCUT2D eigenvalue weighted by Gasteiger charge is -2.36. The van der Waals surface area contributed by atoms with E-state index in [1.807, 2.05) is 36.4 Å². The highest BCUT2D eigenvalue weighted by atomic mass is 35.5. The summed E-state index contributed by atoms with van der Waals surface area (Å²) in [6.45, 7) is 5.13. The van der Waals surface area contributed by atoms with Crippen LogP contribution in [0.3, 0.4) is 0 Å². The molecule has 8 heteroatoms. The Morgan fingerprint density at radius 3 is 2.43 bits per heavy atom. The van der Waals surface area contributed by atoms with Gasteiger partial charge in [0, 0.05) is 61.1 Å². The Bertz CT molecular complexity index is 1600. The molecule has 4 aromatic rings. The first-order chi connectivity index (χ1) is 20.5. The average molecular weight is 583 g/mol. The Balaban J connectivity index is 1.17. The van der Waals surface area contributed by atoms with E-state index in [9.17, 15) is 14.0 Å². The molecule has 2 aliphatic rings. The van der Waals surface area contributed by atoms with Crippen LogP contribution in [0.1, 0.15) is 21.5 Å². The van der Waals surface area contributed by atoms with E-state index < -0.39 is 5.82 Å². The largest absolute Gasteiger partial charge is 0.369 e. The van der Waals surface area contributed by atoms with Crippen LogP contribution in [0, 0.1) is 5.82 Å². The SMILES string of the molecule is O=C(NCCN1CCN(c2ccccc2)CC1)c1ccc2c(c1)N(Cc1cc(F)ccc1Cl)C(=O)Cc1ccccc1-2. The second kappa shape index (κ2) is 12.3. The summed E-state index contributed by atoms with van der Waals surface area (Å²) in [6, 6.07) is 27.8. The molecule has 0 aromatic heterocycles. The summed E-state index contributed by atoms with van der Waals surface area (Å²) in [5, 5.41) is 3.44.